The predicted molar refractivity (Wildman–Crippen MR) is 84.6 cm³/mol. The fourth-order valence-corrected chi connectivity index (χ4v) is 4.32. The van der Waals surface area contributed by atoms with Gasteiger partial charge in [0.1, 0.15) is 6.61 Å². The van der Waals surface area contributed by atoms with Crippen molar-refractivity contribution in [2.24, 2.45) is 5.92 Å². The summed E-state index contributed by atoms with van der Waals surface area (Å²) in [4.78, 5) is 11.3. The molecule has 2 fully saturated rings. The van der Waals surface area contributed by atoms with Crippen LogP contribution in [0, 0.1) is 18.3 Å². The molecule has 0 aromatic heterocycles. The zero-order valence-electron chi connectivity index (χ0n) is 12.7. The average Bonchev–Trinajstić information content (AvgIpc) is 3.13. The molecular formula is C19H21NO2. The number of fused-ring (bicyclic) bond motifs is 1. The highest BCUT2D eigenvalue weighted by molar-refractivity contribution is 5.70. The molecule has 1 unspecified atom stereocenters. The lowest BCUT2D eigenvalue weighted by atomic mass is 9.82. The van der Waals surface area contributed by atoms with Crippen LogP contribution in [0.2, 0.25) is 0 Å². The molecule has 1 spiro atoms. The first kappa shape index (κ1) is 13.7. The molecule has 2 aliphatic carbocycles. The summed E-state index contributed by atoms with van der Waals surface area (Å²) in [5.41, 5.74) is 4.18. The molecule has 1 saturated carbocycles. The molecular weight excluding hydrogens is 274 g/mol. The number of benzene rings is 1. The Bertz CT molecular complexity index is 660. The van der Waals surface area contributed by atoms with Gasteiger partial charge in [-0.05, 0) is 61.1 Å². The van der Waals surface area contributed by atoms with Crippen molar-refractivity contribution in [2.75, 3.05) is 6.61 Å². The van der Waals surface area contributed by atoms with Crippen molar-refractivity contribution < 1.29 is 9.53 Å². The summed E-state index contributed by atoms with van der Waals surface area (Å²) in [6.07, 6.45) is 11.7. The molecule has 3 heteroatoms. The van der Waals surface area contributed by atoms with Crippen LogP contribution in [0.25, 0.3) is 0 Å². The summed E-state index contributed by atoms with van der Waals surface area (Å²) in [6.45, 7) is 0.525. The Labute approximate surface area is 131 Å². The van der Waals surface area contributed by atoms with Gasteiger partial charge in [0, 0.05) is 5.92 Å². The first-order chi connectivity index (χ1) is 10.7. The molecule has 22 heavy (non-hydrogen) atoms. The molecule has 3 atom stereocenters. The Morgan fingerprint density at radius 1 is 1.32 bits per heavy atom. The van der Waals surface area contributed by atoms with Gasteiger partial charge in [-0.1, -0.05) is 18.2 Å². The maximum atomic E-state index is 11.3. The van der Waals surface area contributed by atoms with Crippen LogP contribution in [0.4, 0.5) is 4.79 Å². The van der Waals surface area contributed by atoms with Crippen LogP contribution in [-0.4, -0.2) is 18.2 Å². The minimum Gasteiger partial charge on any atom is -0.447 e. The third-order valence-electron chi connectivity index (χ3n) is 5.62. The second kappa shape index (κ2) is 5.05. The molecule has 1 N–H and O–H groups in total. The second-order valence-corrected chi connectivity index (χ2v) is 7.06. The van der Waals surface area contributed by atoms with Crippen LogP contribution in [0.5, 0.6) is 0 Å². The van der Waals surface area contributed by atoms with Crippen molar-refractivity contribution >= 4 is 6.09 Å². The number of amides is 1. The van der Waals surface area contributed by atoms with Gasteiger partial charge in [0.2, 0.25) is 0 Å². The topological polar surface area (TPSA) is 38.3 Å². The molecule has 1 aromatic rings. The van der Waals surface area contributed by atoms with Gasteiger partial charge >= 0.3 is 6.09 Å². The molecule has 1 aliphatic heterocycles. The largest absolute Gasteiger partial charge is 0.447 e. The normalized spacial score (nSPS) is 33.1. The average molecular weight is 295 g/mol. The van der Waals surface area contributed by atoms with Gasteiger partial charge < -0.3 is 10.1 Å². The van der Waals surface area contributed by atoms with Crippen molar-refractivity contribution in [1.29, 1.82) is 0 Å². The Balaban J connectivity index is 1.53. The van der Waals surface area contributed by atoms with Crippen molar-refractivity contribution in [3.05, 3.63) is 34.9 Å². The molecule has 1 saturated heterocycles. The first-order valence-electron chi connectivity index (χ1n) is 8.20. The van der Waals surface area contributed by atoms with Gasteiger partial charge in [0.05, 0.1) is 5.54 Å². The van der Waals surface area contributed by atoms with Gasteiger partial charge in [0.25, 0.3) is 0 Å². The highest BCUT2D eigenvalue weighted by Gasteiger charge is 2.46. The van der Waals surface area contributed by atoms with Crippen molar-refractivity contribution in [2.45, 2.75) is 50.0 Å². The number of hydrogen-bond donors (Lipinski definition) is 1. The highest BCUT2D eigenvalue weighted by Crippen LogP contribution is 2.43. The minimum atomic E-state index is -0.258. The second-order valence-electron chi connectivity index (χ2n) is 7.06. The molecule has 1 heterocycles. The summed E-state index contributed by atoms with van der Waals surface area (Å²) in [7, 11) is 0. The quantitative estimate of drug-likeness (QED) is 0.808. The summed E-state index contributed by atoms with van der Waals surface area (Å²) in [5, 5.41) is 3.02. The smallest absolute Gasteiger partial charge is 0.407 e. The SMILES string of the molecule is C#CC1CCc2cc([C@H]3CC[C@]4(COC(=O)N4)C3)ccc2C1. The van der Waals surface area contributed by atoms with E-state index < -0.39 is 0 Å². The van der Waals surface area contributed by atoms with E-state index in [0.29, 0.717) is 18.4 Å². The summed E-state index contributed by atoms with van der Waals surface area (Å²) >= 11 is 0. The number of hydrogen-bond acceptors (Lipinski definition) is 2. The first-order valence-corrected chi connectivity index (χ1v) is 8.20. The molecule has 4 rings (SSSR count). The zero-order valence-corrected chi connectivity index (χ0v) is 12.7. The van der Waals surface area contributed by atoms with Crippen LogP contribution >= 0.6 is 0 Å². The minimum absolute atomic E-state index is 0.119. The molecule has 0 bridgehead atoms. The van der Waals surface area contributed by atoms with E-state index in [-0.39, 0.29) is 11.6 Å². The predicted octanol–water partition coefficient (Wildman–Crippen LogP) is 3.17. The van der Waals surface area contributed by atoms with E-state index in [1.165, 1.54) is 16.7 Å². The van der Waals surface area contributed by atoms with Gasteiger partial charge in [-0.3, -0.25) is 0 Å². The number of aryl methyl sites for hydroxylation is 1. The molecule has 0 radical (unpaired) electrons. The van der Waals surface area contributed by atoms with Crippen LogP contribution < -0.4 is 5.32 Å². The van der Waals surface area contributed by atoms with Crippen molar-refractivity contribution in [3.8, 4) is 12.3 Å². The summed E-state index contributed by atoms with van der Waals surface area (Å²) < 4.78 is 5.12. The number of carbonyl (C=O) groups excluding carboxylic acids is 1. The Morgan fingerprint density at radius 3 is 3.00 bits per heavy atom. The third-order valence-corrected chi connectivity index (χ3v) is 5.62. The summed E-state index contributed by atoms with van der Waals surface area (Å²) in [5.74, 6) is 3.82. The maximum Gasteiger partial charge on any atom is 0.407 e. The van der Waals surface area contributed by atoms with E-state index >= 15 is 0 Å². The van der Waals surface area contributed by atoms with Gasteiger partial charge in [-0.15, -0.1) is 12.3 Å². The van der Waals surface area contributed by atoms with Gasteiger partial charge in [-0.25, -0.2) is 4.79 Å². The fraction of sp³-hybridized carbons (Fsp3) is 0.526. The van der Waals surface area contributed by atoms with Crippen LogP contribution in [0.3, 0.4) is 0 Å². The van der Waals surface area contributed by atoms with Gasteiger partial charge in [-0.2, -0.15) is 0 Å². The number of alkyl carbamates (subject to hydrolysis) is 1. The van der Waals surface area contributed by atoms with Crippen LogP contribution in [0.15, 0.2) is 18.2 Å². The number of rotatable bonds is 1. The van der Waals surface area contributed by atoms with Gasteiger partial charge in [0.15, 0.2) is 0 Å². The molecule has 1 amide bonds. The number of nitrogens with one attached hydrogen (secondary N) is 1. The monoisotopic (exact) mass is 295 g/mol. The van der Waals surface area contributed by atoms with E-state index in [2.05, 4.69) is 29.4 Å². The number of terminal acetylenes is 1. The fourth-order valence-electron chi connectivity index (χ4n) is 4.32. The number of cyclic esters (lactones) is 1. The molecule has 3 nitrogen and oxygen atoms in total. The van der Waals surface area contributed by atoms with E-state index in [4.69, 9.17) is 11.2 Å². The van der Waals surface area contributed by atoms with Crippen LogP contribution in [-0.2, 0) is 17.6 Å². The maximum absolute atomic E-state index is 11.3. The van der Waals surface area contributed by atoms with Crippen LogP contribution in [0.1, 0.15) is 48.3 Å². The molecule has 114 valence electrons. The molecule has 3 aliphatic rings. The lowest BCUT2D eigenvalue weighted by Crippen LogP contribution is -2.40. The van der Waals surface area contributed by atoms with E-state index in [1.54, 1.807) is 0 Å². The van der Waals surface area contributed by atoms with Crippen molar-refractivity contribution in [3.63, 3.8) is 0 Å². The number of ether oxygens (including phenoxy) is 1. The van der Waals surface area contributed by atoms with E-state index in [9.17, 15) is 4.79 Å². The van der Waals surface area contributed by atoms with E-state index in [1.807, 2.05) is 0 Å². The lowest BCUT2D eigenvalue weighted by Gasteiger charge is -2.23. The van der Waals surface area contributed by atoms with Crippen molar-refractivity contribution in [1.82, 2.24) is 5.32 Å². The summed E-state index contributed by atoms with van der Waals surface area (Å²) in [6, 6.07) is 6.91. The molecule has 1 aromatic carbocycles. The standard InChI is InChI=1S/C19H21NO2/c1-2-13-3-4-15-10-16(6-5-14(15)9-13)17-7-8-19(11-17)12-22-18(21)20-19/h1,5-6,10,13,17H,3-4,7-9,11-12H2,(H,20,21)/t13?,17-,19+/m0/s1. The highest BCUT2D eigenvalue weighted by atomic mass is 16.6. The Hall–Kier alpha value is -1.95. The zero-order chi connectivity index (χ0) is 15.2. The third kappa shape index (κ3) is 2.27. The Kier molecular flexibility index (Phi) is 3.14. The Morgan fingerprint density at radius 2 is 2.23 bits per heavy atom. The number of carbonyl (C=O) groups is 1. The lowest BCUT2D eigenvalue weighted by molar-refractivity contribution is 0.172. The van der Waals surface area contributed by atoms with E-state index in [0.717, 1.165) is 38.5 Å².